The van der Waals surface area contributed by atoms with Crippen molar-refractivity contribution in [2.75, 3.05) is 11.9 Å². The molecule has 0 radical (unpaired) electrons. The summed E-state index contributed by atoms with van der Waals surface area (Å²) in [6.07, 6.45) is 0.235. The number of anilines is 1. The molecule has 0 aliphatic carbocycles. The van der Waals surface area contributed by atoms with Gasteiger partial charge in [0, 0.05) is 11.4 Å². The zero-order valence-electron chi connectivity index (χ0n) is 15.2. The fraction of sp³-hybridized carbons (Fsp3) is 0.389. The predicted octanol–water partition coefficient (Wildman–Crippen LogP) is 3.71. The van der Waals surface area contributed by atoms with E-state index in [9.17, 15) is 18.4 Å². The van der Waals surface area contributed by atoms with E-state index in [2.05, 4.69) is 10.3 Å². The molecule has 0 spiro atoms. The van der Waals surface area contributed by atoms with E-state index in [0.29, 0.717) is 11.8 Å². The fourth-order valence-electron chi connectivity index (χ4n) is 2.11. The molecule has 0 saturated heterocycles. The smallest absolute Gasteiger partial charge is 0.311 e. The molecule has 1 aromatic carbocycles. The number of nitrogens with one attached hydrogen (secondary N) is 1. The monoisotopic (exact) mass is 398 g/mol. The van der Waals surface area contributed by atoms with Crippen LogP contribution in [0.1, 0.15) is 32.9 Å². The maximum atomic E-state index is 13.8. The molecule has 146 valence electrons. The van der Waals surface area contributed by atoms with Gasteiger partial charge in [-0.1, -0.05) is 6.92 Å². The standard InChI is InChI=1S/C18H20F2N2O4S/c1-4-18(3,26-14-7-6-11(19)8-13(14)20)16(24)22-17-21-12(10-27-17)9-15(23)25-5-2/h6-8,10H,4-5,9H2,1-3H3,(H,21,22,24). The molecule has 1 amide bonds. The normalized spacial score (nSPS) is 12.9. The number of thiazole rings is 1. The van der Waals surface area contributed by atoms with Crippen molar-refractivity contribution in [1.82, 2.24) is 4.98 Å². The van der Waals surface area contributed by atoms with Crippen LogP contribution in [-0.4, -0.2) is 29.1 Å². The lowest BCUT2D eigenvalue weighted by molar-refractivity contribution is -0.142. The Bertz CT molecular complexity index is 827. The lowest BCUT2D eigenvalue weighted by Crippen LogP contribution is -2.45. The highest BCUT2D eigenvalue weighted by Crippen LogP contribution is 2.27. The predicted molar refractivity (Wildman–Crippen MR) is 96.8 cm³/mol. The van der Waals surface area contributed by atoms with Crippen molar-refractivity contribution in [2.45, 2.75) is 39.2 Å². The Labute approximate surface area is 159 Å². The first-order valence-corrected chi connectivity index (χ1v) is 9.21. The number of hydrogen-bond donors (Lipinski definition) is 1. The van der Waals surface area contributed by atoms with Crippen molar-refractivity contribution in [2.24, 2.45) is 0 Å². The molecule has 1 N–H and O–H groups in total. The number of carbonyl (C=O) groups excluding carboxylic acids is 2. The number of hydrogen-bond acceptors (Lipinski definition) is 6. The summed E-state index contributed by atoms with van der Waals surface area (Å²) in [5.41, 5.74) is -0.927. The molecule has 0 saturated carbocycles. The van der Waals surface area contributed by atoms with Crippen LogP contribution in [0.25, 0.3) is 0 Å². The highest BCUT2D eigenvalue weighted by Gasteiger charge is 2.35. The van der Waals surface area contributed by atoms with Gasteiger partial charge in [-0.2, -0.15) is 0 Å². The van der Waals surface area contributed by atoms with Gasteiger partial charge in [-0.3, -0.25) is 14.9 Å². The van der Waals surface area contributed by atoms with Gasteiger partial charge >= 0.3 is 5.97 Å². The van der Waals surface area contributed by atoms with Crippen LogP contribution in [0.5, 0.6) is 5.75 Å². The second-order valence-electron chi connectivity index (χ2n) is 5.84. The third-order valence-corrected chi connectivity index (χ3v) is 4.59. The van der Waals surface area contributed by atoms with Crippen molar-refractivity contribution in [3.05, 3.63) is 40.9 Å². The van der Waals surface area contributed by atoms with Gasteiger partial charge in [0.25, 0.3) is 5.91 Å². The Balaban J connectivity index is 2.07. The molecule has 0 bridgehead atoms. The van der Waals surface area contributed by atoms with E-state index in [4.69, 9.17) is 9.47 Å². The summed E-state index contributed by atoms with van der Waals surface area (Å²) >= 11 is 1.15. The molecule has 1 atom stereocenters. The van der Waals surface area contributed by atoms with Gasteiger partial charge in [0.1, 0.15) is 5.82 Å². The van der Waals surface area contributed by atoms with Crippen molar-refractivity contribution >= 4 is 28.3 Å². The van der Waals surface area contributed by atoms with Crippen molar-refractivity contribution in [1.29, 1.82) is 0 Å². The molecule has 9 heteroatoms. The molecule has 1 unspecified atom stereocenters. The minimum absolute atomic E-state index is 0.00253. The summed E-state index contributed by atoms with van der Waals surface area (Å²) in [5.74, 6) is -2.80. The van der Waals surface area contributed by atoms with Crippen LogP contribution in [-0.2, 0) is 20.7 Å². The van der Waals surface area contributed by atoms with E-state index in [0.717, 1.165) is 23.5 Å². The number of benzene rings is 1. The third kappa shape index (κ3) is 5.46. The van der Waals surface area contributed by atoms with Gasteiger partial charge in [-0.05, 0) is 32.4 Å². The fourth-order valence-corrected chi connectivity index (χ4v) is 2.82. The Morgan fingerprint density at radius 3 is 2.67 bits per heavy atom. The average Bonchev–Trinajstić information content (AvgIpc) is 3.04. The number of halogens is 2. The Morgan fingerprint density at radius 2 is 2.04 bits per heavy atom. The summed E-state index contributed by atoms with van der Waals surface area (Å²) in [6, 6.07) is 2.87. The van der Waals surface area contributed by atoms with Crippen molar-refractivity contribution in [3.8, 4) is 5.75 Å². The maximum Gasteiger partial charge on any atom is 0.311 e. The van der Waals surface area contributed by atoms with Gasteiger partial charge < -0.3 is 9.47 Å². The molecule has 1 aromatic heterocycles. The van der Waals surface area contributed by atoms with Crippen molar-refractivity contribution in [3.63, 3.8) is 0 Å². The highest BCUT2D eigenvalue weighted by atomic mass is 32.1. The average molecular weight is 398 g/mol. The number of carbonyl (C=O) groups is 2. The van der Waals surface area contributed by atoms with Gasteiger partial charge in [0.2, 0.25) is 0 Å². The molecular weight excluding hydrogens is 378 g/mol. The number of esters is 1. The topological polar surface area (TPSA) is 77.5 Å². The summed E-state index contributed by atoms with van der Waals surface area (Å²) in [7, 11) is 0. The largest absolute Gasteiger partial charge is 0.475 e. The number of nitrogens with zero attached hydrogens (tertiary/aromatic N) is 1. The van der Waals surface area contributed by atoms with E-state index in [-0.39, 0.29) is 30.3 Å². The summed E-state index contributed by atoms with van der Waals surface area (Å²) < 4.78 is 37.3. The molecule has 0 aliphatic rings. The summed E-state index contributed by atoms with van der Waals surface area (Å²) in [4.78, 5) is 28.3. The minimum Gasteiger partial charge on any atom is -0.475 e. The van der Waals surface area contributed by atoms with Gasteiger partial charge in [-0.15, -0.1) is 11.3 Å². The molecule has 1 heterocycles. The first kappa shape index (κ1) is 20.8. The second kappa shape index (κ2) is 8.90. The Hall–Kier alpha value is -2.55. The SMILES string of the molecule is CCOC(=O)Cc1csc(NC(=O)C(C)(CC)Oc2ccc(F)cc2F)n1. The maximum absolute atomic E-state index is 13.8. The minimum atomic E-state index is -1.40. The number of amides is 1. The zero-order chi connectivity index (χ0) is 20.0. The Morgan fingerprint density at radius 1 is 1.30 bits per heavy atom. The van der Waals surface area contributed by atoms with E-state index < -0.39 is 29.1 Å². The van der Waals surface area contributed by atoms with E-state index in [1.807, 2.05) is 0 Å². The molecule has 0 fully saturated rings. The van der Waals surface area contributed by atoms with Crippen LogP contribution in [0.2, 0.25) is 0 Å². The second-order valence-corrected chi connectivity index (χ2v) is 6.70. The number of aromatic nitrogens is 1. The van der Waals surface area contributed by atoms with E-state index >= 15 is 0 Å². The van der Waals surface area contributed by atoms with Crippen LogP contribution < -0.4 is 10.1 Å². The first-order chi connectivity index (χ1) is 12.8. The van der Waals surface area contributed by atoms with E-state index in [1.54, 1.807) is 19.2 Å². The lowest BCUT2D eigenvalue weighted by atomic mass is 10.0. The van der Waals surface area contributed by atoms with Crippen LogP contribution in [0, 0.1) is 11.6 Å². The van der Waals surface area contributed by atoms with Gasteiger partial charge in [0.15, 0.2) is 22.3 Å². The van der Waals surface area contributed by atoms with Crippen LogP contribution in [0.3, 0.4) is 0 Å². The first-order valence-electron chi connectivity index (χ1n) is 8.33. The van der Waals surface area contributed by atoms with Crippen molar-refractivity contribution < 1.29 is 27.8 Å². The molecule has 0 aliphatic heterocycles. The molecule has 27 heavy (non-hydrogen) atoms. The van der Waals surface area contributed by atoms with Crippen LogP contribution in [0.4, 0.5) is 13.9 Å². The van der Waals surface area contributed by atoms with Gasteiger partial charge in [-0.25, -0.2) is 13.8 Å². The van der Waals surface area contributed by atoms with Crippen LogP contribution in [0.15, 0.2) is 23.6 Å². The summed E-state index contributed by atoms with van der Waals surface area (Å²) in [6.45, 7) is 5.19. The molecule has 2 rings (SSSR count). The quantitative estimate of drug-likeness (QED) is 0.686. The number of ether oxygens (including phenoxy) is 2. The molecule has 6 nitrogen and oxygen atoms in total. The zero-order valence-corrected chi connectivity index (χ0v) is 16.0. The van der Waals surface area contributed by atoms with E-state index in [1.165, 1.54) is 6.92 Å². The lowest BCUT2D eigenvalue weighted by Gasteiger charge is -2.28. The summed E-state index contributed by atoms with van der Waals surface area (Å²) in [5, 5.41) is 4.52. The highest BCUT2D eigenvalue weighted by molar-refractivity contribution is 7.13. The van der Waals surface area contributed by atoms with Crippen LogP contribution >= 0.6 is 11.3 Å². The Kier molecular flexibility index (Phi) is 6.84. The molecule has 2 aromatic rings. The van der Waals surface area contributed by atoms with Gasteiger partial charge in [0.05, 0.1) is 18.7 Å². The number of rotatable bonds is 8. The third-order valence-electron chi connectivity index (χ3n) is 3.79. The molecular formula is C18H20F2N2O4S.